The molecule has 14 heavy (non-hydrogen) atoms. The van der Waals surface area contributed by atoms with Crippen LogP contribution in [-0.2, 0) is 0 Å². The Labute approximate surface area is 85.5 Å². The number of nitrogens with one attached hydrogen (secondary N) is 1. The SMILES string of the molecule is OC1CC(NC2CCN3CCC2C3)C1. The second-order valence-corrected chi connectivity index (χ2v) is 5.23. The van der Waals surface area contributed by atoms with Crippen LogP contribution in [0.1, 0.15) is 25.7 Å². The molecule has 0 aromatic heterocycles. The molecular weight excluding hydrogens is 176 g/mol. The number of nitrogens with zero attached hydrogens (tertiary/aromatic N) is 1. The fraction of sp³-hybridized carbons (Fsp3) is 1.00. The maximum absolute atomic E-state index is 9.23. The molecule has 3 aliphatic rings. The quantitative estimate of drug-likeness (QED) is 0.662. The number of piperidine rings is 1. The van der Waals surface area contributed by atoms with E-state index in [9.17, 15) is 5.11 Å². The minimum absolute atomic E-state index is 0.0174. The zero-order valence-corrected chi connectivity index (χ0v) is 8.65. The standard InChI is InChI=1S/C11H20N2O/c14-10-5-9(6-10)12-11-2-4-13-3-1-8(11)7-13/h8-12,14H,1-7H2. The van der Waals surface area contributed by atoms with E-state index in [2.05, 4.69) is 10.2 Å². The van der Waals surface area contributed by atoms with Gasteiger partial charge in [0.05, 0.1) is 6.10 Å². The largest absolute Gasteiger partial charge is 0.393 e. The van der Waals surface area contributed by atoms with Crippen LogP contribution in [0.5, 0.6) is 0 Å². The van der Waals surface area contributed by atoms with Gasteiger partial charge in [-0.2, -0.15) is 0 Å². The molecule has 2 aliphatic heterocycles. The number of aliphatic hydroxyl groups excluding tert-OH is 1. The first-order valence-corrected chi connectivity index (χ1v) is 5.98. The van der Waals surface area contributed by atoms with Crippen LogP contribution in [0, 0.1) is 5.92 Å². The average molecular weight is 196 g/mol. The van der Waals surface area contributed by atoms with Gasteiger partial charge < -0.3 is 15.3 Å². The van der Waals surface area contributed by atoms with Gasteiger partial charge in [-0.05, 0) is 44.7 Å². The van der Waals surface area contributed by atoms with Crippen molar-refractivity contribution in [1.82, 2.24) is 10.2 Å². The molecule has 3 unspecified atom stereocenters. The third-order valence-corrected chi connectivity index (χ3v) is 4.20. The fourth-order valence-electron chi connectivity index (χ4n) is 3.20. The van der Waals surface area contributed by atoms with Gasteiger partial charge >= 0.3 is 0 Å². The predicted octanol–water partition coefficient (Wildman–Crippen LogP) is 0.194. The lowest BCUT2D eigenvalue weighted by molar-refractivity contribution is 0.0502. The Bertz CT molecular complexity index is 215. The topological polar surface area (TPSA) is 35.5 Å². The molecule has 80 valence electrons. The highest BCUT2D eigenvalue weighted by Gasteiger charge is 2.37. The molecule has 2 heterocycles. The molecule has 3 atom stereocenters. The molecule has 2 N–H and O–H groups in total. The summed E-state index contributed by atoms with van der Waals surface area (Å²) in [5.74, 6) is 0.890. The minimum atomic E-state index is -0.0174. The van der Waals surface area contributed by atoms with E-state index in [1.807, 2.05) is 0 Å². The molecule has 2 bridgehead atoms. The Morgan fingerprint density at radius 2 is 1.93 bits per heavy atom. The fourth-order valence-corrected chi connectivity index (χ4v) is 3.20. The number of hydrogen-bond acceptors (Lipinski definition) is 3. The zero-order valence-electron chi connectivity index (χ0n) is 8.65. The number of hydrogen-bond donors (Lipinski definition) is 2. The molecule has 0 aromatic carbocycles. The van der Waals surface area contributed by atoms with Crippen LogP contribution >= 0.6 is 0 Å². The van der Waals surface area contributed by atoms with Crippen LogP contribution in [-0.4, -0.2) is 47.8 Å². The van der Waals surface area contributed by atoms with E-state index in [0.717, 1.165) is 24.8 Å². The molecular formula is C11H20N2O. The molecule has 0 radical (unpaired) electrons. The molecule has 3 heteroatoms. The normalized spacial score (nSPS) is 51.6. The van der Waals surface area contributed by atoms with E-state index in [-0.39, 0.29) is 6.10 Å². The second kappa shape index (κ2) is 3.47. The Morgan fingerprint density at radius 3 is 2.71 bits per heavy atom. The smallest absolute Gasteiger partial charge is 0.0570 e. The molecule has 0 amide bonds. The molecule has 3 fully saturated rings. The molecule has 1 saturated carbocycles. The summed E-state index contributed by atoms with van der Waals surface area (Å²) in [5.41, 5.74) is 0. The molecule has 3 rings (SSSR count). The number of rotatable bonds is 2. The maximum Gasteiger partial charge on any atom is 0.0570 e. The highest BCUT2D eigenvalue weighted by molar-refractivity contribution is 4.95. The first-order chi connectivity index (χ1) is 6.81. The summed E-state index contributed by atoms with van der Waals surface area (Å²) in [6.45, 7) is 3.91. The third-order valence-electron chi connectivity index (χ3n) is 4.20. The summed E-state index contributed by atoms with van der Waals surface area (Å²) in [4.78, 5) is 2.58. The van der Waals surface area contributed by atoms with E-state index in [1.165, 1.54) is 32.5 Å². The highest BCUT2D eigenvalue weighted by Crippen LogP contribution is 2.29. The lowest BCUT2D eigenvalue weighted by Crippen LogP contribution is -2.53. The number of fused-ring (bicyclic) bond motifs is 2. The number of aliphatic hydroxyl groups is 1. The van der Waals surface area contributed by atoms with E-state index in [0.29, 0.717) is 6.04 Å². The third kappa shape index (κ3) is 1.58. The van der Waals surface area contributed by atoms with Crippen LogP contribution in [0.4, 0.5) is 0 Å². The van der Waals surface area contributed by atoms with Crippen molar-refractivity contribution in [3.63, 3.8) is 0 Å². The van der Waals surface area contributed by atoms with Crippen molar-refractivity contribution < 1.29 is 5.11 Å². The average Bonchev–Trinajstić information content (AvgIpc) is 2.51. The first kappa shape index (κ1) is 9.13. The molecule has 3 nitrogen and oxygen atoms in total. The van der Waals surface area contributed by atoms with E-state index in [1.54, 1.807) is 0 Å². The molecule has 0 aromatic rings. The van der Waals surface area contributed by atoms with E-state index in [4.69, 9.17) is 0 Å². The van der Waals surface area contributed by atoms with Gasteiger partial charge in [0.15, 0.2) is 0 Å². The summed E-state index contributed by atoms with van der Waals surface area (Å²) in [6.07, 6.45) is 4.64. The van der Waals surface area contributed by atoms with Crippen molar-refractivity contribution in [2.45, 2.75) is 43.9 Å². The maximum atomic E-state index is 9.23. The van der Waals surface area contributed by atoms with Gasteiger partial charge in [0, 0.05) is 18.6 Å². The van der Waals surface area contributed by atoms with Crippen LogP contribution < -0.4 is 5.32 Å². The Kier molecular flexibility index (Phi) is 2.26. The molecule has 1 aliphatic carbocycles. The van der Waals surface area contributed by atoms with Crippen LogP contribution in [0.15, 0.2) is 0 Å². The van der Waals surface area contributed by atoms with Gasteiger partial charge in [0.1, 0.15) is 0 Å². The van der Waals surface area contributed by atoms with Crippen LogP contribution in [0.25, 0.3) is 0 Å². The molecule has 0 spiro atoms. The minimum Gasteiger partial charge on any atom is -0.393 e. The van der Waals surface area contributed by atoms with Crippen LogP contribution in [0.2, 0.25) is 0 Å². The first-order valence-electron chi connectivity index (χ1n) is 5.98. The van der Waals surface area contributed by atoms with Crippen molar-refractivity contribution in [2.75, 3.05) is 19.6 Å². The monoisotopic (exact) mass is 196 g/mol. The Hall–Kier alpha value is -0.120. The summed E-state index contributed by atoms with van der Waals surface area (Å²) < 4.78 is 0. The summed E-state index contributed by atoms with van der Waals surface area (Å²) in [6, 6.07) is 1.35. The van der Waals surface area contributed by atoms with Gasteiger partial charge in [-0.1, -0.05) is 0 Å². The zero-order chi connectivity index (χ0) is 9.54. The van der Waals surface area contributed by atoms with E-state index >= 15 is 0 Å². The predicted molar refractivity (Wildman–Crippen MR) is 55.1 cm³/mol. The lowest BCUT2D eigenvalue weighted by Gasteiger charge is -2.39. The van der Waals surface area contributed by atoms with Gasteiger partial charge in [0.25, 0.3) is 0 Å². The van der Waals surface area contributed by atoms with Gasteiger partial charge in [-0.15, -0.1) is 0 Å². The highest BCUT2D eigenvalue weighted by atomic mass is 16.3. The van der Waals surface area contributed by atoms with Crippen molar-refractivity contribution in [2.24, 2.45) is 5.92 Å². The summed E-state index contributed by atoms with van der Waals surface area (Å²) >= 11 is 0. The van der Waals surface area contributed by atoms with Crippen molar-refractivity contribution in [3.05, 3.63) is 0 Å². The van der Waals surface area contributed by atoms with Crippen LogP contribution in [0.3, 0.4) is 0 Å². The Morgan fingerprint density at radius 1 is 1.14 bits per heavy atom. The lowest BCUT2D eigenvalue weighted by atomic mass is 9.86. The van der Waals surface area contributed by atoms with Gasteiger partial charge in [-0.3, -0.25) is 0 Å². The molecule has 2 saturated heterocycles. The van der Waals surface area contributed by atoms with Crippen molar-refractivity contribution in [1.29, 1.82) is 0 Å². The van der Waals surface area contributed by atoms with Crippen molar-refractivity contribution in [3.8, 4) is 0 Å². The Balaban J connectivity index is 1.52. The van der Waals surface area contributed by atoms with Crippen molar-refractivity contribution >= 4 is 0 Å². The summed E-state index contributed by atoms with van der Waals surface area (Å²) in [7, 11) is 0. The second-order valence-electron chi connectivity index (χ2n) is 5.23. The van der Waals surface area contributed by atoms with E-state index < -0.39 is 0 Å². The summed E-state index contributed by atoms with van der Waals surface area (Å²) in [5, 5.41) is 13.0. The van der Waals surface area contributed by atoms with Gasteiger partial charge in [-0.25, -0.2) is 0 Å². The van der Waals surface area contributed by atoms with Gasteiger partial charge in [0.2, 0.25) is 0 Å².